The number of halogens is 1. The number of benzene rings is 1. The highest BCUT2D eigenvalue weighted by molar-refractivity contribution is 6.30. The first-order valence-corrected chi connectivity index (χ1v) is 10.1. The summed E-state index contributed by atoms with van der Waals surface area (Å²) in [7, 11) is 0. The van der Waals surface area contributed by atoms with Crippen LogP contribution in [0.5, 0.6) is 0 Å². The number of nitrogens with one attached hydrogen (secondary N) is 1. The summed E-state index contributed by atoms with van der Waals surface area (Å²) in [4.78, 5) is 41.1. The fraction of sp³-hybridized carbons (Fsp3) is 0.429. The van der Waals surface area contributed by atoms with Crippen molar-refractivity contribution >= 4 is 23.5 Å². The number of hydrogen-bond donors (Lipinski definition) is 2. The Morgan fingerprint density at radius 2 is 1.93 bits per heavy atom. The number of rotatable bonds is 9. The summed E-state index contributed by atoms with van der Waals surface area (Å²) in [5.41, 5.74) is -0.229. The molecular weight excluding hydrogens is 394 g/mol. The molecule has 0 aliphatic heterocycles. The van der Waals surface area contributed by atoms with E-state index in [9.17, 15) is 19.5 Å². The van der Waals surface area contributed by atoms with E-state index < -0.39 is 17.4 Å². The van der Waals surface area contributed by atoms with Gasteiger partial charge in [-0.05, 0) is 31.4 Å². The minimum Gasteiger partial charge on any atom is -0.480 e. The summed E-state index contributed by atoms with van der Waals surface area (Å²) in [5.74, 6) is -1.02. The van der Waals surface area contributed by atoms with Crippen LogP contribution in [0.25, 0.3) is 11.3 Å². The molecule has 7 nitrogen and oxygen atoms in total. The first kappa shape index (κ1) is 21.0. The molecule has 2 N–H and O–H groups in total. The van der Waals surface area contributed by atoms with E-state index in [1.165, 1.54) is 10.6 Å². The molecule has 29 heavy (non-hydrogen) atoms. The van der Waals surface area contributed by atoms with Gasteiger partial charge in [-0.1, -0.05) is 43.5 Å². The molecule has 1 aromatic heterocycles. The SMILES string of the molecule is CCCCCc1nc(-c2ccc(Cl)cc2)cc(=O)n1CC(=O)NC1(C(=O)O)CC1. The van der Waals surface area contributed by atoms with Gasteiger partial charge in [0.2, 0.25) is 5.91 Å². The Kier molecular flexibility index (Phi) is 6.37. The molecule has 1 amide bonds. The molecular formula is C21H24ClN3O4. The van der Waals surface area contributed by atoms with Crippen LogP contribution >= 0.6 is 11.6 Å². The van der Waals surface area contributed by atoms with Crippen molar-refractivity contribution < 1.29 is 14.7 Å². The van der Waals surface area contributed by atoms with Crippen molar-refractivity contribution in [2.75, 3.05) is 0 Å². The van der Waals surface area contributed by atoms with Gasteiger partial charge in [0.25, 0.3) is 5.56 Å². The Morgan fingerprint density at radius 1 is 1.24 bits per heavy atom. The van der Waals surface area contributed by atoms with Crippen molar-refractivity contribution in [1.29, 1.82) is 0 Å². The number of unbranched alkanes of at least 4 members (excludes halogenated alkanes) is 2. The Balaban J connectivity index is 1.88. The fourth-order valence-electron chi connectivity index (χ4n) is 3.18. The van der Waals surface area contributed by atoms with Gasteiger partial charge in [-0.15, -0.1) is 0 Å². The molecule has 2 aromatic rings. The summed E-state index contributed by atoms with van der Waals surface area (Å²) in [6, 6.07) is 8.44. The number of amides is 1. The molecule has 1 saturated carbocycles. The van der Waals surface area contributed by atoms with E-state index in [1.54, 1.807) is 24.3 Å². The van der Waals surface area contributed by atoms with Crippen LogP contribution in [0.1, 0.15) is 44.9 Å². The molecule has 0 spiro atoms. The molecule has 1 fully saturated rings. The van der Waals surface area contributed by atoms with E-state index >= 15 is 0 Å². The van der Waals surface area contributed by atoms with Crippen LogP contribution in [-0.4, -0.2) is 32.1 Å². The van der Waals surface area contributed by atoms with Crippen LogP contribution in [0.15, 0.2) is 35.1 Å². The topological polar surface area (TPSA) is 101 Å². The number of carboxylic acid groups (broad SMARTS) is 1. The van der Waals surface area contributed by atoms with Gasteiger partial charge >= 0.3 is 5.97 Å². The van der Waals surface area contributed by atoms with Gasteiger partial charge in [0.15, 0.2) is 0 Å². The zero-order valence-electron chi connectivity index (χ0n) is 16.3. The third-order valence-corrected chi connectivity index (χ3v) is 5.32. The molecule has 0 unspecified atom stereocenters. The standard InChI is InChI=1S/C21H24ClN3O4/c1-2-3-4-5-17-23-16(14-6-8-15(22)9-7-14)12-19(27)25(17)13-18(26)24-21(10-11-21)20(28)29/h6-9,12H,2-5,10-11,13H2,1H3,(H,24,26)(H,28,29). The second-order valence-electron chi connectivity index (χ2n) is 7.38. The highest BCUT2D eigenvalue weighted by Crippen LogP contribution is 2.35. The number of aliphatic carboxylic acids is 1. The van der Waals surface area contributed by atoms with E-state index in [4.69, 9.17) is 11.6 Å². The predicted molar refractivity (Wildman–Crippen MR) is 110 cm³/mol. The third-order valence-electron chi connectivity index (χ3n) is 5.07. The van der Waals surface area contributed by atoms with E-state index in [0.29, 0.717) is 35.8 Å². The summed E-state index contributed by atoms with van der Waals surface area (Å²) in [5, 5.41) is 12.4. The molecule has 1 heterocycles. The average Bonchev–Trinajstić information content (AvgIpc) is 3.45. The number of aryl methyl sites for hydroxylation is 1. The van der Waals surface area contributed by atoms with E-state index in [-0.39, 0.29) is 12.1 Å². The molecule has 1 aromatic carbocycles. The van der Waals surface area contributed by atoms with E-state index in [0.717, 1.165) is 24.8 Å². The van der Waals surface area contributed by atoms with Crippen molar-refractivity contribution in [3.8, 4) is 11.3 Å². The van der Waals surface area contributed by atoms with Gasteiger partial charge in [0.05, 0.1) is 5.69 Å². The van der Waals surface area contributed by atoms with Crippen molar-refractivity contribution in [3.05, 3.63) is 51.5 Å². The van der Waals surface area contributed by atoms with Gasteiger partial charge < -0.3 is 10.4 Å². The lowest BCUT2D eigenvalue weighted by molar-refractivity contribution is -0.143. The molecule has 1 aliphatic rings. The minimum atomic E-state index is -1.18. The monoisotopic (exact) mass is 417 g/mol. The van der Waals surface area contributed by atoms with Gasteiger partial charge in [0, 0.05) is 23.1 Å². The van der Waals surface area contributed by atoms with Gasteiger partial charge in [0.1, 0.15) is 17.9 Å². The number of nitrogens with zero attached hydrogens (tertiary/aromatic N) is 2. The quantitative estimate of drug-likeness (QED) is 0.610. The highest BCUT2D eigenvalue weighted by atomic mass is 35.5. The maximum absolute atomic E-state index is 12.8. The smallest absolute Gasteiger partial charge is 0.329 e. The molecule has 0 bridgehead atoms. The molecule has 3 rings (SSSR count). The number of carbonyl (C=O) groups excluding carboxylic acids is 1. The Bertz CT molecular complexity index is 965. The summed E-state index contributed by atoms with van der Waals surface area (Å²) < 4.78 is 1.34. The van der Waals surface area contributed by atoms with Crippen molar-refractivity contribution in [3.63, 3.8) is 0 Å². The average molecular weight is 418 g/mol. The summed E-state index contributed by atoms with van der Waals surface area (Å²) in [6.07, 6.45) is 4.20. The lowest BCUT2D eigenvalue weighted by Gasteiger charge is -2.16. The molecule has 0 saturated heterocycles. The van der Waals surface area contributed by atoms with Crippen LogP contribution < -0.4 is 10.9 Å². The molecule has 1 aliphatic carbocycles. The van der Waals surface area contributed by atoms with Crippen LogP contribution in [0, 0.1) is 0 Å². The number of carbonyl (C=O) groups is 2. The minimum absolute atomic E-state index is 0.247. The van der Waals surface area contributed by atoms with Crippen molar-refractivity contribution in [2.45, 2.75) is 57.5 Å². The second-order valence-corrected chi connectivity index (χ2v) is 7.82. The lowest BCUT2D eigenvalue weighted by Crippen LogP contribution is -2.45. The van der Waals surface area contributed by atoms with Crippen LogP contribution in [-0.2, 0) is 22.6 Å². The molecule has 0 atom stereocenters. The fourth-order valence-corrected chi connectivity index (χ4v) is 3.31. The van der Waals surface area contributed by atoms with Crippen molar-refractivity contribution in [2.24, 2.45) is 0 Å². The number of carboxylic acids is 1. The van der Waals surface area contributed by atoms with E-state index in [1.807, 2.05) is 0 Å². The van der Waals surface area contributed by atoms with Gasteiger partial charge in [-0.25, -0.2) is 9.78 Å². The number of hydrogen-bond acceptors (Lipinski definition) is 4. The van der Waals surface area contributed by atoms with Crippen LogP contribution in [0.2, 0.25) is 5.02 Å². The first-order chi connectivity index (χ1) is 13.8. The first-order valence-electron chi connectivity index (χ1n) is 9.76. The highest BCUT2D eigenvalue weighted by Gasteiger charge is 2.51. The predicted octanol–water partition coefficient (Wildman–Crippen LogP) is 3.03. The maximum atomic E-state index is 12.8. The third kappa shape index (κ3) is 5.03. The van der Waals surface area contributed by atoms with E-state index in [2.05, 4.69) is 17.2 Å². The molecule has 8 heteroatoms. The van der Waals surface area contributed by atoms with Crippen LogP contribution in [0.4, 0.5) is 0 Å². The zero-order chi connectivity index (χ0) is 21.0. The largest absolute Gasteiger partial charge is 0.480 e. The summed E-state index contributed by atoms with van der Waals surface area (Å²) >= 11 is 5.94. The number of aromatic nitrogens is 2. The normalized spacial score (nSPS) is 14.4. The lowest BCUT2D eigenvalue weighted by atomic mass is 10.1. The summed E-state index contributed by atoms with van der Waals surface area (Å²) in [6.45, 7) is 1.84. The van der Waals surface area contributed by atoms with Crippen LogP contribution in [0.3, 0.4) is 0 Å². The molecule has 0 radical (unpaired) electrons. The molecule has 154 valence electrons. The maximum Gasteiger partial charge on any atom is 0.329 e. The van der Waals surface area contributed by atoms with Gasteiger partial charge in [-0.2, -0.15) is 0 Å². The second kappa shape index (κ2) is 8.78. The Morgan fingerprint density at radius 3 is 2.52 bits per heavy atom. The van der Waals surface area contributed by atoms with Crippen molar-refractivity contribution in [1.82, 2.24) is 14.9 Å². The Labute approximate surface area is 173 Å². The Hall–Kier alpha value is -2.67. The zero-order valence-corrected chi connectivity index (χ0v) is 17.0. The van der Waals surface area contributed by atoms with Gasteiger partial charge in [-0.3, -0.25) is 14.2 Å².